The molecule has 1 heterocycles. The number of hydrogen-bond acceptors (Lipinski definition) is 4. The van der Waals surface area contributed by atoms with Crippen molar-refractivity contribution in [2.75, 3.05) is 6.61 Å². The second-order valence-corrected chi connectivity index (χ2v) is 4.68. The molecule has 0 amide bonds. The summed E-state index contributed by atoms with van der Waals surface area (Å²) < 4.78 is 16.3. The van der Waals surface area contributed by atoms with E-state index in [0.29, 0.717) is 22.3 Å². The van der Waals surface area contributed by atoms with Gasteiger partial charge in [0, 0.05) is 5.02 Å². The second-order valence-electron chi connectivity index (χ2n) is 4.24. The molecule has 5 heteroatoms. The highest BCUT2D eigenvalue weighted by Crippen LogP contribution is 2.31. The normalized spacial score (nSPS) is 16.6. The zero-order valence-electron chi connectivity index (χ0n) is 10.4. The van der Waals surface area contributed by atoms with E-state index in [-0.39, 0.29) is 6.61 Å². The number of benzene rings is 2. The van der Waals surface area contributed by atoms with Gasteiger partial charge in [0.05, 0.1) is 0 Å². The molecule has 0 saturated carbocycles. The van der Waals surface area contributed by atoms with Crippen LogP contribution in [0.1, 0.15) is 0 Å². The van der Waals surface area contributed by atoms with Gasteiger partial charge in [0.1, 0.15) is 12.4 Å². The van der Waals surface area contributed by atoms with Crippen LogP contribution in [-0.4, -0.2) is 18.7 Å². The standard InChI is InChI=1S/C15H11ClO4/c16-10-5-7-11(8-6-10)19-15(17)14-9-18-12-3-1-2-4-13(12)20-14/h1-8,14H,9H2/t14-/m1/s1. The summed E-state index contributed by atoms with van der Waals surface area (Å²) in [6.45, 7) is 0.128. The van der Waals surface area contributed by atoms with Crippen molar-refractivity contribution in [1.82, 2.24) is 0 Å². The minimum atomic E-state index is -0.777. The molecule has 4 nitrogen and oxygen atoms in total. The Bertz CT molecular complexity index is 624. The van der Waals surface area contributed by atoms with Crippen LogP contribution < -0.4 is 14.2 Å². The highest BCUT2D eigenvalue weighted by atomic mass is 35.5. The van der Waals surface area contributed by atoms with E-state index in [0.717, 1.165) is 0 Å². The fourth-order valence-corrected chi connectivity index (χ4v) is 1.95. The molecule has 1 aliphatic heterocycles. The molecule has 0 fully saturated rings. The molecule has 0 aliphatic carbocycles. The lowest BCUT2D eigenvalue weighted by atomic mass is 10.2. The number of rotatable bonds is 2. The van der Waals surface area contributed by atoms with Crippen molar-refractivity contribution in [2.45, 2.75) is 6.10 Å². The Morgan fingerprint density at radius 2 is 1.80 bits per heavy atom. The van der Waals surface area contributed by atoms with Gasteiger partial charge in [-0.25, -0.2) is 4.79 Å². The highest BCUT2D eigenvalue weighted by molar-refractivity contribution is 6.30. The SMILES string of the molecule is O=C(Oc1ccc(Cl)cc1)[C@H]1COc2ccccc2O1. The number of halogens is 1. The molecule has 0 radical (unpaired) electrons. The molecule has 0 N–H and O–H groups in total. The lowest BCUT2D eigenvalue weighted by Gasteiger charge is -2.24. The van der Waals surface area contributed by atoms with Gasteiger partial charge in [-0.1, -0.05) is 23.7 Å². The Morgan fingerprint density at radius 3 is 2.55 bits per heavy atom. The fraction of sp³-hybridized carbons (Fsp3) is 0.133. The van der Waals surface area contributed by atoms with E-state index in [1.165, 1.54) is 0 Å². The maximum absolute atomic E-state index is 12.0. The average Bonchev–Trinajstić information content (AvgIpc) is 2.49. The molecule has 0 saturated heterocycles. The monoisotopic (exact) mass is 290 g/mol. The summed E-state index contributed by atoms with van der Waals surface area (Å²) >= 11 is 5.77. The van der Waals surface area contributed by atoms with Gasteiger partial charge in [-0.15, -0.1) is 0 Å². The summed E-state index contributed by atoms with van der Waals surface area (Å²) in [7, 11) is 0. The summed E-state index contributed by atoms with van der Waals surface area (Å²) in [6, 6.07) is 13.7. The van der Waals surface area contributed by atoms with Crippen LogP contribution in [0, 0.1) is 0 Å². The maximum Gasteiger partial charge on any atom is 0.356 e. The average molecular weight is 291 g/mol. The Labute approximate surface area is 120 Å². The lowest BCUT2D eigenvalue weighted by molar-refractivity contribution is -0.144. The van der Waals surface area contributed by atoms with E-state index in [1.807, 2.05) is 12.1 Å². The third-order valence-electron chi connectivity index (χ3n) is 2.80. The van der Waals surface area contributed by atoms with Gasteiger partial charge in [0.25, 0.3) is 0 Å². The second kappa shape index (κ2) is 5.43. The number of carbonyl (C=O) groups excluding carboxylic acids is 1. The minimum absolute atomic E-state index is 0.128. The zero-order valence-corrected chi connectivity index (χ0v) is 11.2. The first-order valence-electron chi connectivity index (χ1n) is 6.08. The van der Waals surface area contributed by atoms with Crippen molar-refractivity contribution >= 4 is 17.6 Å². The fourth-order valence-electron chi connectivity index (χ4n) is 1.82. The lowest BCUT2D eigenvalue weighted by Crippen LogP contribution is -2.39. The van der Waals surface area contributed by atoms with Crippen molar-refractivity contribution in [3.8, 4) is 17.2 Å². The number of carbonyl (C=O) groups is 1. The Morgan fingerprint density at radius 1 is 1.10 bits per heavy atom. The number of esters is 1. The summed E-state index contributed by atoms with van der Waals surface area (Å²) in [6.07, 6.45) is -0.777. The largest absolute Gasteiger partial charge is 0.485 e. The number of hydrogen-bond donors (Lipinski definition) is 0. The molecule has 0 bridgehead atoms. The first kappa shape index (κ1) is 12.8. The van der Waals surface area contributed by atoms with Crippen LogP contribution in [0.3, 0.4) is 0 Å². The first-order chi connectivity index (χ1) is 9.72. The Kier molecular flexibility index (Phi) is 3.48. The maximum atomic E-state index is 12.0. The first-order valence-corrected chi connectivity index (χ1v) is 6.46. The van der Waals surface area contributed by atoms with Crippen molar-refractivity contribution in [2.24, 2.45) is 0 Å². The van der Waals surface area contributed by atoms with Gasteiger partial charge in [0.15, 0.2) is 11.5 Å². The van der Waals surface area contributed by atoms with Crippen molar-refractivity contribution in [3.63, 3.8) is 0 Å². The van der Waals surface area contributed by atoms with E-state index in [9.17, 15) is 4.79 Å². The van der Waals surface area contributed by atoms with Crippen LogP contribution in [-0.2, 0) is 4.79 Å². The van der Waals surface area contributed by atoms with Gasteiger partial charge >= 0.3 is 5.97 Å². The molecular weight excluding hydrogens is 280 g/mol. The quantitative estimate of drug-likeness (QED) is 0.630. The van der Waals surface area contributed by atoms with Crippen molar-refractivity contribution in [3.05, 3.63) is 53.6 Å². The van der Waals surface area contributed by atoms with E-state index in [4.69, 9.17) is 25.8 Å². The van der Waals surface area contributed by atoms with Crippen LogP contribution in [0.2, 0.25) is 5.02 Å². The molecule has 102 valence electrons. The zero-order chi connectivity index (χ0) is 13.9. The van der Waals surface area contributed by atoms with Gasteiger partial charge in [-0.3, -0.25) is 0 Å². The molecule has 0 unspecified atom stereocenters. The molecule has 1 aliphatic rings. The summed E-state index contributed by atoms with van der Waals surface area (Å²) in [5.74, 6) is 1.09. The number of para-hydroxylation sites is 2. The molecule has 2 aromatic carbocycles. The van der Waals surface area contributed by atoms with Crippen LogP contribution in [0.5, 0.6) is 17.2 Å². The van der Waals surface area contributed by atoms with Crippen LogP contribution in [0.25, 0.3) is 0 Å². The molecule has 20 heavy (non-hydrogen) atoms. The summed E-state index contributed by atoms with van der Waals surface area (Å²) in [5.41, 5.74) is 0. The summed E-state index contributed by atoms with van der Waals surface area (Å²) in [4.78, 5) is 12.0. The van der Waals surface area contributed by atoms with E-state index in [2.05, 4.69) is 0 Å². The van der Waals surface area contributed by atoms with Crippen LogP contribution in [0.4, 0.5) is 0 Å². The summed E-state index contributed by atoms with van der Waals surface area (Å²) in [5, 5.41) is 0.580. The van der Waals surface area contributed by atoms with Crippen molar-refractivity contribution < 1.29 is 19.0 Å². The topological polar surface area (TPSA) is 44.8 Å². The smallest absolute Gasteiger partial charge is 0.356 e. The third kappa shape index (κ3) is 2.70. The van der Waals surface area contributed by atoms with E-state index >= 15 is 0 Å². The Hall–Kier alpha value is -2.20. The third-order valence-corrected chi connectivity index (χ3v) is 3.06. The van der Waals surface area contributed by atoms with Crippen LogP contribution in [0.15, 0.2) is 48.5 Å². The molecule has 0 spiro atoms. The number of ether oxygens (including phenoxy) is 3. The van der Waals surface area contributed by atoms with E-state index in [1.54, 1.807) is 36.4 Å². The van der Waals surface area contributed by atoms with Gasteiger partial charge in [-0.05, 0) is 36.4 Å². The Balaban J connectivity index is 1.68. The van der Waals surface area contributed by atoms with Gasteiger partial charge < -0.3 is 14.2 Å². The predicted molar refractivity (Wildman–Crippen MR) is 73.4 cm³/mol. The minimum Gasteiger partial charge on any atom is -0.485 e. The molecular formula is C15H11ClO4. The van der Waals surface area contributed by atoms with Crippen molar-refractivity contribution in [1.29, 1.82) is 0 Å². The highest BCUT2D eigenvalue weighted by Gasteiger charge is 2.29. The number of fused-ring (bicyclic) bond motifs is 1. The molecule has 0 aromatic heterocycles. The van der Waals surface area contributed by atoms with Gasteiger partial charge in [0.2, 0.25) is 6.10 Å². The van der Waals surface area contributed by atoms with Crippen LogP contribution >= 0.6 is 11.6 Å². The molecule has 1 atom stereocenters. The molecule has 3 rings (SSSR count). The van der Waals surface area contributed by atoms with Gasteiger partial charge in [-0.2, -0.15) is 0 Å². The van der Waals surface area contributed by atoms with E-state index < -0.39 is 12.1 Å². The molecule has 2 aromatic rings. The predicted octanol–water partition coefficient (Wildman–Crippen LogP) is 3.09.